The SMILES string of the molecule is N#CC1(c2ccc(Cl)cc2F)CCN(C(=O)c2ccc(=O)[nH]c2)C1. The summed E-state index contributed by atoms with van der Waals surface area (Å²) in [6.07, 6.45) is 1.66. The van der Waals surface area contributed by atoms with Gasteiger partial charge in [-0.1, -0.05) is 17.7 Å². The van der Waals surface area contributed by atoms with Crippen molar-refractivity contribution in [2.45, 2.75) is 11.8 Å². The Labute approximate surface area is 142 Å². The number of pyridine rings is 1. The van der Waals surface area contributed by atoms with Crippen LogP contribution in [0.2, 0.25) is 5.02 Å². The standard InChI is InChI=1S/C17H13ClFN3O2/c18-12-2-3-13(14(19)7-12)17(9-20)5-6-22(10-17)16(24)11-1-4-15(23)21-8-11/h1-4,7-8H,5-6,10H2,(H,21,23). The highest BCUT2D eigenvalue weighted by Crippen LogP contribution is 2.36. The second-order valence-corrected chi connectivity index (χ2v) is 6.17. The molecule has 0 aliphatic carbocycles. The van der Waals surface area contributed by atoms with E-state index in [0.717, 1.165) is 0 Å². The van der Waals surface area contributed by atoms with Gasteiger partial charge in [-0.2, -0.15) is 5.26 Å². The normalized spacial score (nSPS) is 20.0. The van der Waals surface area contributed by atoms with Crippen molar-refractivity contribution in [3.63, 3.8) is 0 Å². The Kier molecular flexibility index (Phi) is 4.12. The fraction of sp³-hybridized carbons (Fsp3) is 0.235. The Hall–Kier alpha value is -2.65. The minimum atomic E-state index is -1.10. The Morgan fingerprint density at radius 3 is 2.79 bits per heavy atom. The molecule has 1 N–H and O–H groups in total. The fourth-order valence-electron chi connectivity index (χ4n) is 2.96. The second kappa shape index (κ2) is 6.10. The largest absolute Gasteiger partial charge is 0.337 e. The van der Waals surface area contributed by atoms with E-state index in [-0.39, 0.29) is 28.6 Å². The van der Waals surface area contributed by atoms with Crippen molar-refractivity contribution < 1.29 is 9.18 Å². The number of hydrogen-bond donors (Lipinski definition) is 1. The zero-order valence-electron chi connectivity index (χ0n) is 12.6. The molecule has 7 heteroatoms. The van der Waals surface area contributed by atoms with Crippen LogP contribution < -0.4 is 5.56 Å². The van der Waals surface area contributed by atoms with Crippen LogP contribution in [0.1, 0.15) is 22.3 Å². The topological polar surface area (TPSA) is 77.0 Å². The maximum absolute atomic E-state index is 14.3. The summed E-state index contributed by atoms with van der Waals surface area (Å²) in [5, 5.41) is 9.89. The summed E-state index contributed by atoms with van der Waals surface area (Å²) in [4.78, 5) is 27.5. The van der Waals surface area contributed by atoms with Gasteiger partial charge in [-0.15, -0.1) is 0 Å². The third-order valence-corrected chi connectivity index (χ3v) is 4.48. The van der Waals surface area contributed by atoms with Gasteiger partial charge in [0, 0.05) is 35.9 Å². The van der Waals surface area contributed by atoms with Gasteiger partial charge >= 0.3 is 0 Å². The molecule has 1 aliphatic heterocycles. The average molecular weight is 346 g/mol. The summed E-state index contributed by atoms with van der Waals surface area (Å²) in [5.74, 6) is -0.861. The molecular formula is C17H13ClFN3O2. The van der Waals surface area contributed by atoms with Crippen molar-refractivity contribution in [3.05, 3.63) is 68.8 Å². The summed E-state index contributed by atoms with van der Waals surface area (Å²) in [6.45, 7) is 0.410. The zero-order valence-corrected chi connectivity index (χ0v) is 13.3. The average Bonchev–Trinajstić information content (AvgIpc) is 3.00. The monoisotopic (exact) mass is 345 g/mol. The molecule has 1 saturated heterocycles. The summed E-state index contributed by atoms with van der Waals surface area (Å²) in [5.41, 5.74) is -0.847. The molecule has 0 spiro atoms. The fourth-order valence-corrected chi connectivity index (χ4v) is 3.12. The lowest BCUT2D eigenvalue weighted by molar-refractivity contribution is 0.0786. The van der Waals surface area contributed by atoms with Crippen LogP contribution in [0.3, 0.4) is 0 Å². The molecule has 1 fully saturated rings. The molecule has 1 atom stereocenters. The molecule has 1 amide bonds. The molecule has 2 aromatic rings. The van der Waals surface area contributed by atoms with Crippen LogP contribution in [0.25, 0.3) is 0 Å². The van der Waals surface area contributed by atoms with Crippen molar-refractivity contribution >= 4 is 17.5 Å². The van der Waals surface area contributed by atoms with Crippen LogP contribution in [0.4, 0.5) is 4.39 Å². The number of nitrogens with zero attached hydrogens (tertiary/aromatic N) is 2. The number of carbonyl (C=O) groups excluding carboxylic acids is 1. The number of carbonyl (C=O) groups is 1. The minimum Gasteiger partial charge on any atom is -0.337 e. The Morgan fingerprint density at radius 1 is 1.38 bits per heavy atom. The van der Waals surface area contributed by atoms with Crippen molar-refractivity contribution in [1.29, 1.82) is 5.26 Å². The van der Waals surface area contributed by atoms with Gasteiger partial charge in [-0.25, -0.2) is 4.39 Å². The lowest BCUT2D eigenvalue weighted by atomic mass is 9.81. The van der Waals surface area contributed by atoms with Gasteiger partial charge in [0.05, 0.1) is 11.6 Å². The number of H-pyrrole nitrogens is 1. The van der Waals surface area contributed by atoms with Crippen LogP contribution >= 0.6 is 11.6 Å². The van der Waals surface area contributed by atoms with Gasteiger partial charge in [0.25, 0.3) is 5.91 Å². The summed E-state index contributed by atoms with van der Waals surface area (Å²) < 4.78 is 14.3. The van der Waals surface area contributed by atoms with E-state index < -0.39 is 11.2 Å². The molecule has 0 radical (unpaired) electrons. The number of amides is 1. The lowest BCUT2D eigenvalue weighted by Gasteiger charge is -2.23. The number of likely N-dealkylation sites (tertiary alicyclic amines) is 1. The first kappa shape index (κ1) is 16.2. The number of nitrogens with one attached hydrogen (secondary N) is 1. The molecular weight excluding hydrogens is 333 g/mol. The number of nitriles is 1. The van der Waals surface area contributed by atoms with Crippen LogP contribution in [-0.4, -0.2) is 28.9 Å². The first-order chi connectivity index (χ1) is 11.4. The molecule has 2 heterocycles. The molecule has 0 bridgehead atoms. The van der Waals surface area contributed by atoms with E-state index in [0.29, 0.717) is 18.5 Å². The smallest absolute Gasteiger partial charge is 0.255 e. The van der Waals surface area contributed by atoms with Crippen molar-refractivity contribution in [2.75, 3.05) is 13.1 Å². The van der Waals surface area contributed by atoms with Crippen molar-refractivity contribution in [3.8, 4) is 6.07 Å². The molecule has 24 heavy (non-hydrogen) atoms. The van der Waals surface area contributed by atoms with E-state index in [1.54, 1.807) is 0 Å². The van der Waals surface area contributed by atoms with E-state index in [4.69, 9.17) is 11.6 Å². The van der Waals surface area contributed by atoms with Gasteiger partial charge in [0.1, 0.15) is 11.2 Å². The molecule has 1 aromatic carbocycles. The van der Waals surface area contributed by atoms with Gasteiger partial charge in [0.15, 0.2) is 0 Å². The van der Waals surface area contributed by atoms with Crippen LogP contribution in [0.5, 0.6) is 0 Å². The molecule has 122 valence electrons. The quantitative estimate of drug-likeness (QED) is 0.908. The molecule has 3 rings (SSSR count). The van der Waals surface area contributed by atoms with Crippen molar-refractivity contribution in [1.82, 2.24) is 9.88 Å². The van der Waals surface area contributed by atoms with Gasteiger partial charge < -0.3 is 9.88 Å². The van der Waals surface area contributed by atoms with Gasteiger partial charge in [-0.3, -0.25) is 9.59 Å². The predicted molar refractivity (Wildman–Crippen MR) is 86.3 cm³/mol. The Bertz CT molecular complexity index is 885. The first-order valence-electron chi connectivity index (χ1n) is 7.30. The number of aromatic nitrogens is 1. The molecule has 5 nitrogen and oxygen atoms in total. The zero-order chi connectivity index (χ0) is 17.3. The van der Waals surface area contributed by atoms with E-state index in [2.05, 4.69) is 11.1 Å². The minimum absolute atomic E-state index is 0.0833. The van der Waals surface area contributed by atoms with Gasteiger partial charge in [0.2, 0.25) is 5.56 Å². The number of benzene rings is 1. The predicted octanol–water partition coefficient (Wildman–Crippen LogP) is 2.47. The van der Waals surface area contributed by atoms with Crippen molar-refractivity contribution in [2.24, 2.45) is 0 Å². The summed E-state index contributed by atoms with van der Waals surface area (Å²) in [6, 6.07) is 9.05. The van der Waals surface area contributed by atoms with Crippen LogP contribution in [0.15, 0.2) is 41.3 Å². The van der Waals surface area contributed by atoms with Crippen LogP contribution in [-0.2, 0) is 5.41 Å². The summed E-state index contributed by atoms with van der Waals surface area (Å²) >= 11 is 5.77. The highest BCUT2D eigenvalue weighted by atomic mass is 35.5. The lowest BCUT2D eigenvalue weighted by Crippen LogP contribution is -2.34. The maximum atomic E-state index is 14.3. The van der Waals surface area contributed by atoms with E-state index in [1.807, 2.05) is 0 Å². The molecule has 1 aromatic heterocycles. The maximum Gasteiger partial charge on any atom is 0.255 e. The third-order valence-electron chi connectivity index (χ3n) is 4.25. The number of rotatable bonds is 2. The van der Waals surface area contributed by atoms with E-state index in [9.17, 15) is 19.2 Å². The van der Waals surface area contributed by atoms with E-state index in [1.165, 1.54) is 41.4 Å². The Morgan fingerprint density at radius 2 is 2.17 bits per heavy atom. The molecule has 1 aliphatic rings. The highest BCUT2D eigenvalue weighted by Gasteiger charge is 2.43. The number of halogens is 2. The summed E-state index contributed by atoms with van der Waals surface area (Å²) in [7, 11) is 0. The van der Waals surface area contributed by atoms with Gasteiger partial charge in [-0.05, 0) is 24.6 Å². The Balaban J connectivity index is 1.89. The molecule has 0 saturated carbocycles. The number of aromatic amines is 1. The third kappa shape index (κ3) is 2.79. The number of hydrogen-bond acceptors (Lipinski definition) is 3. The second-order valence-electron chi connectivity index (χ2n) is 5.74. The highest BCUT2D eigenvalue weighted by molar-refractivity contribution is 6.30. The first-order valence-corrected chi connectivity index (χ1v) is 7.68. The molecule has 1 unspecified atom stereocenters. The van der Waals surface area contributed by atoms with Crippen LogP contribution in [0, 0.1) is 17.1 Å². The van der Waals surface area contributed by atoms with E-state index >= 15 is 0 Å².